The number of amides is 1. The van der Waals surface area contributed by atoms with Crippen LogP contribution < -0.4 is 10.6 Å². The lowest BCUT2D eigenvalue weighted by Crippen LogP contribution is -2.39. The molecule has 0 aliphatic carbocycles. The van der Waals surface area contributed by atoms with Gasteiger partial charge in [-0.15, -0.1) is 0 Å². The molecule has 0 unspecified atom stereocenters. The van der Waals surface area contributed by atoms with E-state index in [-0.39, 0.29) is 5.91 Å². The summed E-state index contributed by atoms with van der Waals surface area (Å²) in [4.78, 5) is 19.7. The second kappa shape index (κ2) is 5.31. The molecule has 1 rings (SSSR count). The van der Waals surface area contributed by atoms with Crippen molar-refractivity contribution in [1.29, 1.82) is 0 Å². The Morgan fingerprint density at radius 1 is 1.47 bits per heavy atom. The summed E-state index contributed by atoms with van der Waals surface area (Å²) in [5.41, 5.74) is -0.514. The summed E-state index contributed by atoms with van der Waals surface area (Å²) in [6.45, 7) is 5.95. The quantitative estimate of drug-likeness (QED) is 0.804. The maximum Gasteiger partial charge on any atom is 0.227 e. The molecule has 0 saturated heterocycles. The summed E-state index contributed by atoms with van der Waals surface area (Å²) >= 11 is 5.82. The van der Waals surface area contributed by atoms with E-state index in [1.807, 2.05) is 13.8 Å². The Kier molecular flexibility index (Phi) is 4.28. The molecule has 0 aliphatic rings. The van der Waals surface area contributed by atoms with E-state index >= 15 is 0 Å². The highest BCUT2D eigenvalue weighted by molar-refractivity contribution is 6.29. The van der Waals surface area contributed by atoms with Crippen LogP contribution in [0.2, 0.25) is 5.15 Å². The molecular formula is C11H17ClN4O. The molecule has 1 aromatic rings. The van der Waals surface area contributed by atoms with Gasteiger partial charge in [0.2, 0.25) is 5.91 Å². The summed E-state index contributed by atoms with van der Waals surface area (Å²) in [5, 5.41) is 6.10. The summed E-state index contributed by atoms with van der Waals surface area (Å²) in [6.07, 6.45) is 0. The molecule has 0 aromatic carbocycles. The van der Waals surface area contributed by atoms with Crippen LogP contribution >= 0.6 is 11.6 Å². The predicted molar refractivity (Wildman–Crippen MR) is 68.1 cm³/mol. The highest BCUT2D eigenvalue weighted by Crippen LogP contribution is 2.17. The minimum absolute atomic E-state index is 0.0260. The van der Waals surface area contributed by atoms with Gasteiger partial charge in [0.1, 0.15) is 16.8 Å². The smallest absolute Gasteiger partial charge is 0.227 e. The number of nitrogens with zero attached hydrogens (tertiary/aromatic N) is 2. The molecule has 17 heavy (non-hydrogen) atoms. The topological polar surface area (TPSA) is 66.9 Å². The van der Waals surface area contributed by atoms with E-state index < -0.39 is 5.41 Å². The molecule has 0 aliphatic heterocycles. The van der Waals surface area contributed by atoms with Crippen LogP contribution in [0.5, 0.6) is 0 Å². The van der Waals surface area contributed by atoms with Gasteiger partial charge in [-0.1, -0.05) is 11.6 Å². The van der Waals surface area contributed by atoms with Crippen LogP contribution in [0, 0.1) is 12.3 Å². The molecule has 0 radical (unpaired) electrons. The fourth-order valence-electron chi connectivity index (χ4n) is 1.35. The number of carbonyl (C=O) groups is 1. The maximum atomic E-state index is 11.6. The second-order valence-electron chi connectivity index (χ2n) is 4.44. The molecule has 0 fully saturated rings. The first-order valence-electron chi connectivity index (χ1n) is 5.32. The lowest BCUT2D eigenvalue weighted by molar-refractivity contribution is -0.128. The van der Waals surface area contributed by atoms with E-state index in [1.165, 1.54) is 0 Å². The maximum absolute atomic E-state index is 11.6. The van der Waals surface area contributed by atoms with E-state index in [0.29, 0.717) is 23.3 Å². The van der Waals surface area contributed by atoms with Gasteiger partial charge in [0.05, 0.1) is 5.41 Å². The molecule has 0 atom stereocenters. The Morgan fingerprint density at radius 2 is 2.12 bits per heavy atom. The minimum Gasteiger partial charge on any atom is -0.369 e. The summed E-state index contributed by atoms with van der Waals surface area (Å²) in [6, 6.07) is 1.63. The summed E-state index contributed by atoms with van der Waals surface area (Å²) < 4.78 is 0. The Bertz CT molecular complexity index is 400. The number of hydrogen-bond donors (Lipinski definition) is 2. The molecule has 0 bridgehead atoms. The third kappa shape index (κ3) is 3.85. The van der Waals surface area contributed by atoms with Crippen molar-refractivity contribution in [2.45, 2.75) is 20.8 Å². The minimum atomic E-state index is -0.514. The first-order chi connectivity index (χ1) is 7.85. The number of nitrogens with one attached hydrogen (secondary N) is 2. The lowest BCUT2D eigenvalue weighted by Gasteiger charge is -2.23. The van der Waals surface area contributed by atoms with E-state index in [2.05, 4.69) is 20.6 Å². The number of halogens is 1. The molecule has 1 heterocycles. The molecular weight excluding hydrogens is 240 g/mol. The van der Waals surface area contributed by atoms with E-state index in [4.69, 9.17) is 11.6 Å². The molecule has 2 N–H and O–H groups in total. The average molecular weight is 257 g/mol. The number of hydrogen-bond acceptors (Lipinski definition) is 4. The number of carbonyl (C=O) groups excluding carboxylic acids is 1. The first-order valence-corrected chi connectivity index (χ1v) is 5.70. The van der Waals surface area contributed by atoms with Gasteiger partial charge in [-0.25, -0.2) is 9.97 Å². The van der Waals surface area contributed by atoms with E-state index in [9.17, 15) is 4.79 Å². The van der Waals surface area contributed by atoms with E-state index in [0.717, 1.165) is 0 Å². The second-order valence-corrected chi connectivity index (χ2v) is 4.83. The van der Waals surface area contributed by atoms with Crippen LogP contribution in [-0.4, -0.2) is 29.5 Å². The van der Waals surface area contributed by atoms with Crippen molar-refractivity contribution in [3.63, 3.8) is 0 Å². The Hall–Kier alpha value is -1.36. The molecule has 5 nitrogen and oxygen atoms in total. The van der Waals surface area contributed by atoms with Crippen LogP contribution in [0.1, 0.15) is 19.7 Å². The third-order valence-corrected chi connectivity index (χ3v) is 2.55. The highest BCUT2D eigenvalue weighted by Gasteiger charge is 2.26. The molecule has 1 amide bonds. The number of rotatable bonds is 4. The van der Waals surface area contributed by atoms with Crippen LogP contribution in [-0.2, 0) is 4.79 Å². The zero-order chi connectivity index (χ0) is 13.1. The zero-order valence-electron chi connectivity index (χ0n) is 10.5. The Morgan fingerprint density at radius 3 is 2.65 bits per heavy atom. The SMILES string of the molecule is CNC(=O)C(C)(C)CNc1cc(Cl)nc(C)n1. The largest absolute Gasteiger partial charge is 0.369 e. The molecule has 6 heteroatoms. The monoisotopic (exact) mass is 256 g/mol. The van der Waals surface area contributed by atoms with Gasteiger partial charge in [-0.3, -0.25) is 4.79 Å². The highest BCUT2D eigenvalue weighted by atomic mass is 35.5. The van der Waals surface area contributed by atoms with Crippen molar-refractivity contribution in [2.24, 2.45) is 5.41 Å². The molecule has 0 saturated carbocycles. The third-order valence-electron chi connectivity index (χ3n) is 2.36. The lowest BCUT2D eigenvalue weighted by atomic mass is 9.92. The molecule has 1 aromatic heterocycles. The van der Waals surface area contributed by atoms with Gasteiger partial charge in [0.15, 0.2) is 0 Å². The van der Waals surface area contributed by atoms with Gasteiger partial charge in [-0.05, 0) is 20.8 Å². The van der Waals surface area contributed by atoms with Crippen molar-refractivity contribution < 1.29 is 4.79 Å². The number of anilines is 1. The summed E-state index contributed by atoms with van der Waals surface area (Å²) in [5.74, 6) is 1.19. The van der Waals surface area contributed by atoms with Crippen molar-refractivity contribution in [2.75, 3.05) is 18.9 Å². The van der Waals surface area contributed by atoms with Gasteiger partial charge in [-0.2, -0.15) is 0 Å². The zero-order valence-corrected chi connectivity index (χ0v) is 11.2. The predicted octanol–water partition coefficient (Wildman–Crippen LogP) is 1.62. The Balaban J connectivity index is 2.70. The summed E-state index contributed by atoms with van der Waals surface area (Å²) in [7, 11) is 1.62. The normalized spacial score (nSPS) is 11.1. The molecule has 0 spiro atoms. The number of aromatic nitrogens is 2. The Labute approximate surface area is 106 Å². The number of aryl methyl sites for hydroxylation is 1. The van der Waals surface area contributed by atoms with Crippen LogP contribution in [0.4, 0.5) is 5.82 Å². The van der Waals surface area contributed by atoms with Crippen molar-refractivity contribution in [1.82, 2.24) is 15.3 Å². The van der Waals surface area contributed by atoms with Gasteiger partial charge >= 0.3 is 0 Å². The van der Waals surface area contributed by atoms with Crippen molar-refractivity contribution >= 4 is 23.3 Å². The first kappa shape index (κ1) is 13.7. The van der Waals surface area contributed by atoms with Crippen LogP contribution in [0.3, 0.4) is 0 Å². The van der Waals surface area contributed by atoms with Crippen molar-refractivity contribution in [3.8, 4) is 0 Å². The van der Waals surface area contributed by atoms with Gasteiger partial charge < -0.3 is 10.6 Å². The van der Waals surface area contributed by atoms with Gasteiger partial charge in [0.25, 0.3) is 0 Å². The fourth-order valence-corrected chi connectivity index (χ4v) is 1.58. The van der Waals surface area contributed by atoms with Gasteiger partial charge in [0, 0.05) is 19.7 Å². The van der Waals surface area contributed by atoms with Crippen LogP contribution in [0.25, 0.3) is 0 Å². The fraction of sp³-hybridized carbons (Fsp3) is 0.545. The average Bonchev–Trinajstić information content (AvgIpc) is 2.24. The standard InChI is InChI=1S/C11H17ClN4O/c1-7-15-8(12)5-9(16-7)14-6-11(2,3)10(17)13-4/h5H,6H2,1-4H3,(H,13,17)(H,14,15,16). The van der Waals surface area contributed by atoms with Crippen LogP contribution in [0.15, 0.2) is 6.07 Å². The molecule has 94 valence electrons. The van der Waals surface area contributed by atoms with E-state index in [1.54, 1.807) is 20.0 Å². The van der Waals surface area contributed by atoms with Crippen molar-refractivity contribution in [3.05, 3.63) is 17.0 Å².